The average molecular weight is 420 g/mol. The molecule has 0 bridgehead atoms. The van der Waals surface area contributed by atoms with Crippen LogP contribution in [0.5, 0.6) is 5.75 Å². The third kappa shape index (κ3) is 4.37. The molecule has 1 aliphatic rings. The number of morpholine rings is 1. The Kier molecular flexibility index (Phi) is 6.14. The Labute approximate surface area is 183 Å². The van der Waals surface area contributed by atoms with Crippen LogP contribution in [0.15, 0.2) is 47.1 Å². The SMILES string of the molecule is CCOc1cc2occ(-c3ccc(C)cc3C)c2cc1/C(C)=C/C(=O)N1CCOCC1. The molecule has 2 aromatic carbocycles. The van der Waals surface area contributed by atoms with Crippen LogP contribution in [0.2, 0.25) is 0 Å². The highest BCUT2D eigenvalue weighted by atomic mass is 16.5. The average Bonchev–Trinajstić information content (AvgIpc) is 3.16. The van der Waals surface area contributed by atoms with Gasteiger partial charge in [0.15, 0.2) is 0 Å². The van der Waals surface area contributed by atoms with E-state index in [1.165, 1.54) is 11.1 Å². The summed E-state index contributed by atoms with van der Waals surface area (Å²) in [7, 11) is 0. The van der Waals surface area contributed by atoms with E-state index in [4.69, 9.17) is 13.9 Å². The van der Waals surface area contributed by atoms with Crippen LogP contribution in [0.25, 0.3) is 27.7 Å². The lowest BCUT2D eigenvalue weighted by atomic mass is 9.96. The maximum Gasteiger partial charge on any atom is 0.247 e. The predicted molar refractivity (Wildman–Crippen MR) is 123 cm³/mol. The van der Waals surface area contributed by atoms with Crippen molar-refractivity contribution >= 4 is 22.4 Å². The van der Waals surface area contributed by atoms with E-state index in [0.29, 0.717) is 32.9 Å². The number of benzene rings is 2. The number of amides is 1. The molecule has 1 fully saturated rings. The number of allylic oxidation sites excluding steroid dienone is 1. The summed E-state index contributed by atoms with van der Waals surface area (Å²) in [5.74, 6) is 0.727. The lowest BCUT2D eigenvalue weighted by molar-refractivity contribution is -0.129. The van der Waals surface area contributed by atoms with E-state index < -0.39 is 0 Å². The summed E-state index contributed by atoms with van der Waals surface area (Å²) in [6, 6.07) is 10.4. The lowest BCUT2D eigenvalue weighted by Crippen LogP contribution is -2.39. The Balaban J connectivity index is 1.78. The van der Waals surface area contributed by atoms with Gasteiger partial charge in [0.1, 0.15) is 11.3 Å². The second-order valence-corrected chi connectivity index (χ2v) is 8.01. The molecular formula is C26H29NO4. The van der Waals surface area contributed by atoms with Crippen molar-refractivity contribution in [2.45, 2.75) is 27.7 Å². The summed E-state index contributed by atoms with van der Waals surface area (Å²) < 4.78 is 17.2. The molecule has 0 spiro atoms. The zero-order chi connectivity index (χ0) is 22.0. The molecule has 2 heterocycles. The Bertz CT molecular complexity index is 1140. The third-order valence-electron chi connectivity index (χ3n) is 5.74. The molecule has 1 aromatic heterocycles. The summed E-state index contributed by atoms with van der Waals surface area (Å²) in [5.41, 5.74) is 7.17. The van der Waals surface area contributed by atoms with Gasteiger partial charge in [0.25, 0.3) is 0 Å². The molecule has 0 radical (unpaired) electrons. The molecule has 1 amide bonds. The van der Waals surface area contributed by atoms with Crippen LogP contribution in [0, 0.1) is 13.8 Å². The smallest absolute Gasteiger partial charge is 0.247 e. The molecule has 0 atom stereocenters. The van der Waals surface area contributed by atoms with Gasteiger partial charge in [0.2, 0.25) is 5.91 Å². The molecule has 0 unspecified atom stereocenters. The second-order valence-electron chi connectivity index (χ2n) is 8.01. The van der Waals surface area contributed by atoms with Crippen molar-refractivity contribution in [2.24, 2.45) is 0 Å². The van der Waals surface area contributed by atoms with E-state index >= 15 is 0 Å². The van der Waals surface area contributed by atoms with E-state index in [1.807, 2.05) is 24.8 Å². The maximum absolute atomic E-state index is 12.8. The van der Waals surface area contributed by atoms with E-state index in [0.717, 1.165) is 39.0 Å². The van der Waals surface area contributed by atoms with Crippen LogP contribution in [0.4, 0.5) is 0 Å². The van der Waals surface area contributed by atoms with Crippen molar-refractivity contribution < 1.29 is 18.7 Å². The number of fused-ring (bicyclic) bond motifs is 1. The zero-order valence-electron chi connectivity index (χ0n) is 18.7. The minimum Gasteiger partial charge on any atom is -0.493 e. The molecule has 3 aromatic rings. The number of furan rings is 1. The van der Waals surface area contributed by atoms with Crippen molar-refractivity contribution in [1.82, 2.24) is 4.90 Å². The Morgan fingerprint density at radius 1 is 1.13 bits per heavy atom. The Morgan fingerprint density at radius 2 is 1.90 bits per heavy atom. The van der Waals surface area contributed by atoms with Crippen molar-refractivity contribution in [2.75, 3.05) is 32.9 Å². The standard InChI is InChI=1S/C26H29NO4/c1-5-30-24-15-25-22(23(16-31-25)20-7-6-17(2)12-18(20)3)14-21(24)19(4)13-26(28)27-8-10-29-11-9-27/h6-7,12-16H,5,8-11H2,1-4H3/b19-13+. The van der Waals surface area contributed by atoms with E-state index in [2.05, 4.69) is 38.1 Å². The number of carbonyl (C=O) groups excluding carboxylic acids is 1. The minimum atomic E-state index is 0.00476. The minimum absolute atomic E-state index is 0.00476. The van der Waals surface area contributed by atoms with Gasteiger partial charge < -0.3 is 18.8 Å². The lowest BCUT2D eigenvalue weighted by Gasteiger charge is -2.26. The van der Waals surface area contributed by atoms with Gasteiger partial charge in [-0.25, -0.2) is 0 Å². The quantitative estimate of drug-likeness (QED) is 0.521. The summed E-state index contributed by atoms with van der Waals surface area (Å²) in [5, 5.41) is 1.01. The number of hydrogen-bond acceptors (Lipinski definition) is 4. The van der Waals surface area contributed by atoms with Crippen molar-refractivity contribution in [3.05, 3.63) is 59.4 Å². The molecule has 4 rings (SSSR count). The Hall–Kier alpha value is -3.05. The number of hydrogen-bond donors (Lipinski definition) is 0. The van der Waals surface area contributed by atoms with Crippen molar-refractivity contribution in [1.29, 1.82) is 0 Å². The van der Waals surface area contributed by atoms with E-state index in [9.17, 15) is 4.79 Å². The molecule has 1 aliphatic heterocycles. The number of ether oxygens (including phenoxy) is 2. The highest BCUT2D eigenvalue weighted by Gasteiger charge is 2.18. The topological polar surface area (TPSA) is 51.9 Å². The number of nitrogens with zero attached hydrogens (tertiary/aromatic N) is 1. The molecule has 162 valence electrons. The van der Waals surface area contributed by atoms with Crippen molar-refractivity contribution in [3.8, 4) is 16.9 Å². The largest absolute Gasteiger partial charge is 0.493 e. The van der Waals surface area contributed by atoms with E-state index in [1.54, 1.807) is 12.3 Å². The number of aryl methyl sites for hydroxylation is 2. The molecule has 1 saturated heterocycles. The fraction of sp³-hybridized carbons (Fsp3) is 0.346. The highest BCUT2D eigenvalue weighted by molar-refractivity contribution is 6.00. The van der Waals surface area contributed by atoms with Gasteiger partial charge in [-0.05, 0) is 50.5 Å². The van der Waals surface area contributed by atoms with Crippen LogP contribution < -0.4 is 4.74 Å². The van der Waals surface area contributed by atoms with Gasteiger partial charge >= 0.3 is 0 Å². The summed E-state index contributed by atoms with van der Waals surface area (Å²) in [4.78, 5) is 14.6. The first-order chi connectivity index (χ1) is 15.0. The molecule has 0 aliphatic carbocycles. The molecule has 5 nitrogen and oxygen atoms in total. The maximum atomic E-state index is 12.8. The predicted octanol–water partition coefficient (Wildman–Crippen LogP) is 5.38. The zero-order valence-corrected chi connectivity index (χ0v) is 18.7. The molecule has 5 heteroatoms. The number of carbonyl (C=O) groups is 1. The third-order valence-corrected chi connectivity index (χ3v) is 5.74. The first-order valence-corrected chi connectivity index (χ1v) is 10.8. The highest BCUT2D eigenvalue weighted by Crippen LogP contribution is 2.38. The monoisotopic (exact) mass is 419 g/mol. The van der Waals surface area contributed by atoms with Gasteiger partial charge in [-0.1, -0.05) is 23.8 Å². The van der Waals surface area contributed by atoms with Crippen LogP contribution in [-0.2, 0) is 9.53 Å². The van der Waals surface area contributed by atoms with Crippen LogP contribution in [-0.4, -0.2) is 43.7 Å². The fourth-order valence-corrected chi connectivity index (χ4v) is 4.10. The summed E-state index contributed by atoms with van der Waals surface area (Å²) >= 11 is 0. The summed E-state index contributed by atoms with van der Waals surface area (Å²) in [6.45, 7) is 11.1. The normalized spacial score (nSPS) is 14.8. The molecule has 0 saturated carbocycles. The van der Waals surface area contributed by atoms with E-state index in [-0.39, 0.29) is 5.91 Å². The molecule has 31 heavy (non-hydrogen) atoms. The van der Waals surface area contributed by atoms with Gasteiger partial charge in [-0.3, -0.25) is 4.79 Å². The van der Waals surface area contributed by atoms with Gasteiger partial charge in [-0.15, -0.1) is 0 Å². The van der Waals surface area contributed by atoms with Gasteiger partial charge in [0, 0.05) is 41.7 Å². The van der Waals surface area contributed by atoms with Crippen LogP contribution in [0.1, 0.15) is 30.5 Å². The molecular weight excluding hydrogens is 390 g/mol. The molecule has 0 N–H and O–H groups in total. The number of rotatable bonds is 5. The summed E-state index contributed by atoms with van der Waals surface area (Å²) in [6.07, 6.45) is 3.51. The van der Waals surface area contributed by atoms with Crippen LogP contribution >= 0.6 is 0 Å². The fourth-order valence-electron chi connectivity index (χ4n) is 4.10. The van der Waals surface area contributed by atoms with Gasteiger partial charge in [-0.2, -0.15) is 0 Å². The second kappa shape index (κ2) is 8.98. The first-order valence-electron chi connectivity index (χ1n) is 10.8. The van der Waals surface area contributed by atoms with Crippen molar-refractivity contribution in [3.63, 3.8) is 0 Å². The first kappa shape index (κ1) is 21.2. The van der Waals surface area contributed by atoms with Gasteiger partial charge in [0.05, 0.1) is 26.1 Å². The Morgan fingerprint density at radius 3 is 2.61 bits per heavy atom. The van der Waals surface area contributed by atoms with Crippen LogP contribution in [0.3, 0.4) is 0 Å².